The second-order valence-corrected chi connectivity index (χ2v) is 8.50. The van der Waals surface area contributed by atoms with Gasteiger partial charge in [-0.25, -0.2) is 17.5 Å². The lowest BCUT2D eigenvalue weighted by molar-refractivity contribution is -0.116. The summed E-state index contributed by atoms with van der Waals surface area (Å²) in [6, 6.07) is 12.5. The maximum Gasteiger partial charge on any atom is 0.243 e. The van der Waals surface area contributed by atoms with E-state index < -0.39 is 20.7 Å². The molecule has 2 aromatic rings. The molecule has 0 spiro atoms. The van der Waals surface area contributed by atoms with Crippen molar-refractivity contribution in [1.29, 1.82) is 0 Å². The summed E-state index contributed by atoms with van der Waals surface area (Å²) in [5.74, 6) is -1.17. The molecule has 1 heterocycles. The van der Waals surface area contributed by atoms with Crippen LogP contribution in [-0.2, 0) is 19.6 Å². The number of rotatable bonds is 8. The van der Waals surface area contributed by atoms with E-state index in [-0.39, 0.29) is 25.0 Å². The van der Waals surface area contributed by atoms with Crippen molar-refractivity contribution >= 4 is 27.3 Å². The van der Waals surface area contributed by atoms with Gasteiger partial charge in [0, 0.05) is 44.5 Å². The SMILES string of the molecule is COC1CCN(c2ccc(NC(=O)CCNS(=O)(=O)c3ccccc3F)cc2)C1. The Balaban J connectivity index is 1.48. The molecule has 2 N–H and O–H groups in total. The zero-order valence-corrected chi connectivity index (χ0v) is 16.9. The molecule has 0 aliphatic carbocycles. The summed E-state index contributed by atoms with van der Waals surface area (Å²) in [6.45, 7) is 1.63. The molecule has 1 saturated heterocycles. The molecule has 3 rings (SSSR count). The van der Waals surface area contributed by atoms with Gasteiger partial charge in [-0.2, -0.15) is 0 Å². The molecule has 0 saturated carbocycles. The van der Waals surface area contributed by atoms with Crippen LogP contribution in [0.4, 0.5) is 15.8 Å². The Hall–Kier alpha value is -2.49. The van der Waals surface area contributed by atoms with E-state index in [1.807, 2.05) is 12.1 Å². The molecular weight excluding hydrogens is 397 g/mol. The van der Waals surface area contributed by atoms with E-state index in [2.05, 4.69) is 14.9 Å². The molecule has 1 aliphatic heterocycles. The van der Waals surface area contributed by atoms with E-state index in [1.165, 1.54) is 18.2 Å². The molecule has 0 radical (unpaired) electrons. The first-order chi connectivity index (χ1) is 13.9. The van der Waals surface area contributed by atoms with Crippen molar-refractivity contribution in [2.24, 2.45) is 0 Å². The number of sulfonamides is 1. The number of ether oxygens (including phenoxy) is 1. The zero-order chi connectivity index (χ0) is 20.9. The number of nitrogens with zero attached hydrogens (tertiary/aromatic N) is 1. The van der Waals surface area contributed by atoms with Gasteiger partial charge >= 0.3 is 0 Å². The summed E-state index contributed by atoms with van der Waals surface area (Å²) in [5.41, 5.74) is 1.68. The van der Waals surface area contributed by atoms with Crippen LogP contribution in [0.5, 0.6) is 0 Å². The van der Waals surface area contributed by atoms with E-state index in [0.717, 1.165) is 31.3 Å². The number of hydrogen-bond acceptors (Lipinski definition) is 5. The average molecular weight is 421 g/mol. The van der Waals surface area contributed by atoms with Crippen LogP contribution in [0.25, 0.3) is 0 Å². The van der Waals surface area contributed by atoms with E-state index >= 15 is 0 Å². The molecule has 0 bridgehead atoms. The molecule has 1 atom stereocenters. The molecule has 1 aliphatic rings. The number of amides is 1. The van der Waals surface area contributed by atoms with Gasteiger partial charge in [0.1, 0.15) is 10.7 Å². The van der Waals surface area contributed by atoms with Gasteiger partial charge < -0.3 is 15.0 Å². The lowest BCUT2D eigenvalue weighted by Gasteiger charge is -2.18. The Morgan fingerprint density at radius 2 is 1.93 bits per heavy atom. The predicted molar refractivity (Wildman–Crippen MR) is 109 cm³/mol. The van der Waals surface area contributed by atoms with Crippen molar-refractivity contribution in [3.8, 4) is 0 Å². The minimum Gasteiger partial charge on any atom is -0.380 e. The van der Waals surface area contributed by atoms with Crippen LogP contribution in [0, 0.1) is 5.82 Å². The molecule has 1 fully saturated rings. The number of anilines is 2. The van der Waals surface area contributed by atoms with Gasteiger partial charge in [0.15, 0.2) is 0 Å². The van der Waals surface area contributed by atoms with Gasteiger partial charge in [0.25, 0.3) is 0 Å². The van der Waals surface area contributed by atoms with E-state index in [9.17, 15) is 17.6 Å². The highest BCUT2D eigenvalue weighted by Crippen LogP contribution is 2.23. The summed E-state index contributed by atoms with van der Waals surface area (Å²) in [6.07, 6.45) is 1.15. The smallest absolute Gasteiger partial charge is 0.243 e. The normalized spacial score (nSPS) is 16.8. The molecule has 2 aromatic carbocycles. The monoisotopic (exact) mass is 421 g/mol. The Labute approximate surface area is 169 Å². The summed E-state index contributed by atoms with van der Waals surface area (Å²) < 4.78 is 45.5. The fourth-order valence-electron chi connectivity index (χ4n) is 3.17. The zero-order valence-electron chi connectivity index (χ0n) is 16.1. The van der Waals surface area contributed by atoms with E-state index in [0.29, 0.717) is 5.69 Å². The highest BCUT2D eigenvalue weighted by Gasteiger charge is 2.22. The molecule has 1 unspecified atom stereocenters. The molecule has 156 valence electrons. The highest BCUT2D eigenvalue weighted by atomic mass is 32.2. The van der Waals surface area contributed by atoms with Gasteiger partial charge in [-0.15, -0.1) is 0 Å². The largest absolute Gasteiger partial charge is 0.380 e. The second kappa shape index (κ2) is 9.34. The fourth-order valence-corrected chi connectivity index (χ4v) is 4.28. The molecule has 0 aromatic heterocycles. The third-order valence-corrected chi connectivity index (χ3v) is 6.26. The topological polar surface area (TPSA) is 87.7 Å². The van der Waals surface area contributed by atoms with Crippen molar-refractivity contribution < 1.29 is 22.3 Å². The third kappa shape index (κ3) is 5.53. The van der Waals surface area contributed by atoms with Crippen LogP contribution in [0.2, 0.25) is 0 Å². The summed E-state index contributed by atoms with van der Waals surface area (Å²) in [5, 5.41) is 2.73. The number of carbonyl (C=O) groups excluding carboxylic acids is 1. The molecule has 29 heavy (non-hydrogen) atoms. The fraction of sp³-hybridized carbons (Fsp3) is 0.350. The quantitative estimate of drug-likeness (QED) is 0.683. The molecule has 9 heteroatoms. The van der Waals surface area contributed by atoms with Crippen LogP contribution in [0.15, 0.2) is 53.4 Å². The molecule has 7 nitrogen and oxygen atoms in total. The van der Waals surface area contributed by atoms with Crippen LogP contribution < -0.4 is 14.9 Å². The van der Waals surface area contributed by atoms with Crippen LogP contribution in [0.3, 0.4) is 0 Å². The number of carbonyl (C=O) groups is 1. The Bertz CT molecular complexity index is 950. The van der Waals surface area contributed by atoms with Gasteiger partial charge in [0.05, 0.1) is 6.10 Å². The predicted octanol–water partition coefficient (Wildman–Crippen LogP) is 2.36. The first-order valence-corrected chi connectivity index (χ1v) is 10.8. The van der Waals surface area contributed by atoms with Crippen molar-refractivity contribution in [2.75, 3.05) is 37.0 Å². The summed E-state index contributed by atoms with van der Waals surface area (Å²) >= 11 is 0. The number of benzene rings is 2. The summed E-state index contributed by atoms with van der Waals surface area (Å²) in [4.78, 5) is 13.9. The molecular formula is C20H24FN3O4S. The van der Waals surface area contributed by atoms with Crippen molar-refractivity contribution in [1.82, 2.24) is 4.72 Å². The number of halogens is 1. The van der Waals surface area contributed by atoms with Crippen molar-refractivity contribution in [2.45, 2.75) is 23.8 Å². The first-order valence-electron chi connectivity index (χ1n) is 9.31. The Morgan fingerprint density at radius 3 is 2.59 bits per heavy atom. The number of methoxy groups -OCH3 is 1. The second-order valence-electron chi connectivity index (χ2n) is 6.77. The van der Waals surface area contributed by atoms with E-state index in [4.69, 9.17) is 4.74 Å². The third-order valence-electron chi connectivity index (χ3n) is 4.76. The van der Waals surface area contributed by atoms with Gasteiger partial charge in [-0.05, 0) is 42.8 Å². The maximum absolute atomic E-state index is 13.6. The minimum absolute atomic E-state index is 0.0723. The van der Waals surface area contributed by atoms with Gasteiger partial charge in [-0.1, -0.05) is 12.1 Å². The van der Waals surface area contributed by atoms with Gasteiger partial charge in [-0.3, -0.25) is 4.79 Å². The van der Waals surface area contributed by atoms with Crippen molar-refractivity contribution in [3.05, 3.63) is 54.3 Å². The lowest BCUT2D eigenvalue weighted by atomic mass is 10.2. The first kappa shape index (κ1) is 21.2. The van der Waals surface area contributed by atoms with Gasteiger partial charge in [0.2, 0.25) is 15.9 Å². The number of nitrogens with one attached hydrogen (secondary N) is 2. The highest BCUT2D eigenvalue weighted by molar-refractivity contribution is 7.89. The lowest BCUT2D eigenvalue weighted by Crippen LogP contribution is -2.28. The van der Waals surface area contributed by atoms with Crippen LogP contribution in [-0.4, -0.2) is 47.2 Å². The summed E-state index contributed by atoms with van der Waals surface area (Å²) in [7, 11) is -2.29. The standard InChI is InChI=1S/C20H24FN3O4S/c1-28-17-11-13-24(14-17)16-8-6-15(7-9-16)23-20(25)10-12-22-29(26,27)19-5-3-2-4-18(19)21/h2-9,17,22H,10-14H2,1H3,(H,23,25). The number of hydrogen-bond donors (Lipinski definition) is 2. The molecule has 1 amide bonds. The minimum atomic E-state index is -4.00. The average Bonchev–Trinajstić information content (AvgIpc) is 3.18. The Morgan fingerprint density at radius 1 is 1.21 bits per heavy atom. The maximum atomic E-state index is 13.6. The van der Waals surface area contributed by atoms with Crippen LogP contribution in [0.1, 0.15) is 12.8 Å². The van der Waals surface area contributed by atoms with E-state index in [1.54, 1.807) is 19.2 Å². The Kier molecular flexibility index (Phi) is 6.83. The van der Waals surface area contributed by atoms with Crippen molar-refractivity contribution in [3.63, 3.8) is 0 Å². The van der Waals surface area contributed by atoms with Crippen LogP contribution >= 0.6 is 0 Å².